The number of carbonyl (C=O) groups excluding carboxylic acids is 1. The average molecular weight is 441 g/mol. The number of esters is 1. The van der Waals surface area contributed by atoms with Gasteiger partial charge in [-0.05, 0) is 48.0 Å². The van der Waals surface area contributed by atoms with Gasteiger partial charge in [0, 0.05) is 10.9 Å². The quantitative estimate of drug-likeness (QED) is 0.413. The van der Waals surface area contributed by atoms with Crippen LogP contribution in [0.5, 0.6) is 11.5 Å². The number of carboxylic acids is 1. The number of carboxylic acid groups (broad SMARTS) is 1. The van der Waals surface area contributed by atoms with Crippen LogP contribution in [0.2, 0.25) is 0 Å². The Morgan fingerprint density at radius 2 is 1.64 bits per heavy atom. The maximum atomic E-state index is 12.6. The molecule has 0 atom stereocenters. The molecule has 0 spiro atoms. The summed E-state index contributed by atoms with van der Waals surface area (Å²) in [6.45, 7) is 0.416. The largest absolute Gasteiger partial charge is 0.492 e. The van der Waals surface area contributed by atoms with Crippen molar-refractivity contribution >= 4 is 27.9 Å². The van der Waals surface area contributed by atoms with Gasteiger partial charge < -0.3 is 14.6 Å². The molecule has 3 aromatic carbocycles. The van der Waals surface area contributed by atoms with Crippen molar-refractivity contribution < 1.29 is 24.2 Å². The molecule has 3 rings (SSSR count). The SMILES string of the molecule is O=C(O)c1ccc(OC(=O)c2cc(Br)ccc2OCCc2ccccc2)cc1. The van der Waals surface area contributed by atoms with Crippen LogP contribution in [0.3, 0.4) is 0 Å². The predicted octanol–water partition coefficient (Wildman–Crippen LogP) is 4.99. The third-order valence-electron chi connectivity index (χ3n) is 3.96. The zero-order chi connectivity index (χ0) is 19.9. The molecule has 0 aromatic heterocycles. The Hall–Kier alpha value is -3.12. The molecule has 142 valence electrons. The second kappa shape index (κ2) is 9.19. The van der Waals surface area contributed by atoms with Crippen LogP contribution < -0.4 is 9.47 Å². The van der Waals surface area contributed by atoms with E-state index in [9.17, 15) is 9.59 Å². The van der Waals surface area contributed by atoms with Gasteiger partial charge in [-0.15, -0.1) is 0 Å². The fourth-order valence-corrected chi connectivity index (χ4v) is 2.90. The van der Waals surface area contributed by atoms with Crippen LogP contribution in [0.15, 0.2) is 77.3 Å². The minimum absolute atomic E-state index is 0.118. The van der Waals surface area contributed by atoms with Crippen LogP contribution in [-0.4, -0.2) is 23.7 Å². The maximum absolute atomic E-state index is 12.6. The van der Waals surface area contributed by atoms with Crippen molar-refractivity contribution in [2.24, 2.45) is 0 Å². The molecule has 6 heteroatoms. The van der Waals surface area contributed by atoms with Crippen molar-refractivity contribution in [2.75, 3.05) is 6.61 Å². The third kappa shape index (κ3) is 5.20. The first-order valence-electron chi connectivity index (χ1n) is 8.55. The molecule has 0 unspecified atom stereocenters. The lowest BCUT2D eigenvalue weighted by Gasteiger charge is -2.12. The second-order valence-electron chi connectivity index (χ2n) is 5.94. The lowest BCUT2D eigenvalue weighted by atomic mass is 10.1. The number of aromatic carboxylic acids is 1. The van der Waals surface area contributed by atoms with Gasteiger partial charge in [0.25, 0.3) is 0 Å². The molecule has 0 saturated heterocycles. The summed E-state index contributed by atoms with van der Waals surface area (Å²) in [7, 11) is 0. The van der Waals surface area contributed by atoms with Crippen molar-refractivity contribution in [3.63, 3.8) is 0 Å². The Labute approximate surface area is 170 Å². The highest BCUT2D eigenvalue weighted by Crippen LogP contribution is 2.25. The van der Waals surface area contributed by atoms with E-state index in [2.05, 4.69) is 15.9 Å². The first-order valence-corrected chi connectivity index (χ1v) is 9.34. The number of rotatable bonds is 7. The van der Waals surface area contributed by atoms with Crippen molar-refractivity contribution in [3.8, 4) is 11.5 Å². The highest BCUT2D eigenvalue weighted by Gasteiger charge is 2.16. The van der Waals surface area contributed by atoms with E-state index >= 15 is 0 Å². The second-order valence-corrected chi connectivity index (χ2v) is 6.86. The number of halogens is 1. The third-order valence-corrected chi connectivity index (χ3v) is 4.46. The maximum Gasteiger partial charge on any atom is 0.347 e. The Bertz CT molecular complexity index is 968. The van der Waals surface area contributed by atoms with Gasteiger partial charge in [-0.25, -0.2) is 9.59 Å². The molecule has 0 radical (unpaired) electrons. The summed E-state index contributed by atoms with van der Waals surface area (Å²) in [6, 6.07) is 20.7. The first-order chi connectivity index (χ1) is 13.5. The topological polar surface area (TPSA) is 72.8 Å². The van der Waals surface area contributed by atoms with Crippen LogP contribution in [0.25, 0.3) is 0 Å². The molecule has 0 aliphatic heterocycles. The summed E-state index contributed by atoms with van der Waals surface area (Å²) in [6.07, 6.45) is 0.710. The standard InChI is InChI=1S/C22H17BrO5/c23-17-8-11-20(27-13-12-15-4-2-1-3-5-15)19(14-17)22(26)28-18-9-6-16(7-10-18)21(24)25/h1-11,14H,12-13H2,(H,24,25). The fraction of sp³-hybridized carbons (Fsp3) is 0.0909. The van der Waals surface area contributed by atoms with Gasteiger partial charge in [-0.3, -0.25) is 0 Å². The summed E-state index contributed by atoms with van der Waals surface area (Å²) >= 11 is 3.35. The van der Waals surface area contributed by atoms with Crippen LogP contribution in [0.4, 0.5) is 0 Å². The number of hydrogen-bond acceptors (Lipinski definition) is 4. The Kier molecular flexibility index (Phi) is 6.45. The van der Waals surface area contributed by atoms with Gasteiger partial charge in [0.2, 0.25) is 0 Å². The normalized spacial score (nSPS) is 10.3. The van der Waals surface area contributed by atoms with Gasteiger partial charge in [-0.2, -0.15) is 0 Å². The lowest BCUT2D eigenvalue weighted by molar-refractivity contribution is 0.0696. The molecule has 0 heterocycles. The van der Waals surface area contributed by atoms with Crippen LogP contribution in [0, 0.1) is 0 Å². The van der Waals surface area contributed by atoms with Crippen molar-refractivity contribution in [2.45, 2.75) is 6.42 Å². The summed E-state index contributed by atoms with van der Waals surface area (Å²) in [5.74, 6) is -0.949. The Balaban J connectivity index is 1.70. The average Bonchev–Trinajstić information content (AvgIpc) is 2.70. The Morgan fingerprint density at radius 1 is 0.929 bits per heavy atom. The molecule has 0 aliphatic rings. The van der Waals surface area contributed by atoms with E-state index in [-0.39, 0.29) is 16.9 Å². The molecule has 5 nitrogen and oxygen atoms in total. The van der Waals surface area contributed by atoms with Gasteiger partial charge in [0.05, 0.1) is 12.2 Å². The van der Waals surface area contributed by atoms with Gasteiger partial charge in [0.1, 0.15) is 17.1 Å². The molecule has 3 aromatic rings. The molecule has 0 saturated carbocycles. The van der Waals surface area contributed by atoms with E-state index in [1.165, 1.54) is 24.3 Å². The zero-order valence-electron chi connectivity index (χ0n) is 14.8. The summed E-state index contributed by atoms with van der Waals surface area (Å²) in [5, 5.41) is 8.94. The fourth-order valence-electron chi connectivity index (χ4n) is 2.54. The smallest absolute Gasteiger partial charge is 0.347 e. The minimum atomic E-state index is -1.04. The summed E-state index contributed by atoms with van der Waals surface area (Å²) < 4.78 is 11.9. The molecule has 0 bridgehead atoms. The van der Waals surface area contributed by atoms with Crippen LogP contribution in [-0.2, 0) is 6.42 Å². The van der Waals surface area contributed by atoms with E-state index in [4.69, 9.17) is 14.6 Å². The van der Waals surface area contributed by atoms with Gasteiger partial charge in [0.15, 0.2) is 0 Å². The van der Waals surface area contributed by atoms with E-state index in [0.717, 1.165) is 10.0 Å². The van der Waals surface area contributed by atoms with E-state index in [1.807, 2.05) is 30.3 Å². The highest BCUT2D eigenvalue weighted by molar-refractivity contribution is 9.10. The molecule has 28 heavy (non-hydrogen) atoms. The van der Waals surface area contributed by atoms with Crippen LogP contribution in [0.1, 0.15) is 26.3 Å². The zero-order valence-corrected chi connectivity index (χ0v) is 16.4. The number of hydrogen-bond donors (Lipinski definition) is 1. The molecular formula is C22H17BrO5. The first kappa shape index (κ1) is 19.6. The van der Waals surface area contributed by atoms with Crippen LogP contribution >= 0.6 is 15.9 Å². The lowest BCUT2D eigenvalue weighted by Crippen LogP contribution is -2.12. The minimum Gasteiger partial charge on any atom is -0.492 e. The van der Waals surface area contributed by atoms with Gasteiger partial charge in [-0.1, -0.05) is 46.3 Å². The van der Waals surface area contributed by atoms with Crippen molar-refractivity contribution in [1.29, 1.82) is 0 Å². The molecule has 0 amide bonds. The number of ether oxygens (including phenoxy) is 2. The molecule has 0 fully saturated rings. The molecule has 0 aliphatic carbocycles. The number of benzene rings is 3. The van der Waals surface area contributed by atoms with Gasteiger partial charge >= 0.3 is 11.9 Å². The predicted molar refractivity (Wildman–Crippen MR) is 108 cm³/mol. The van der Waals surface area contributed by atoms with Crippen molar-refractivity contribution in [3.05, 3.63) is 94.0 Å². The molecule has 1 N–H and O–H groups in total. The Morgan fingerprint density at radius 3 is 2.32 bits per heavy atom. The molecular weight excluding hydrogens is 424 g/mol. The van der Waals surface area contributed by atoms with E-state index in [0.29, 0.717) is 18.8 Å². The van der Waals surface area contributed by atoms with E-state index in [1.54, 1.807) is 18.2 Å². The summed E-state index contributed by atoms with van der Waals surface area (Å²) in [4.78, 5) is 23.5. The highest BCUT2D eigenvalue weighted by atomic mass is 79.9. The summed E-state index contributed by atoms with van der Waals surface area (Å²) in [5.41, 5.74) is 1.54. The van der Waals surface area contributed by atoms with Crippen molar-refractivity contribution in [1.82, 2.24) is 0 Å². The number of carbonyl (C=O) groups is 2. The monoisotopic (exact) mass is 440 g/mol. The van der Waals surface area contributed by atoms with E-state index < -0.39 is 11.9 Å².